The van der Waals surface area contributed by atoms with Crippen LogP contribution >= 0.6 is 0 Å². The lowest BCUT2D eigenvalue weighted by atomic mass is 10.1. The van der Waals surface area contributed by atoms with Crippen LogP contribution in [0.25, 0.3) is 0 Å². The molecule has 0 heterocycles. The van der Waals surface area contributed by atoms with E-state index in [1.165, 1.54) is 24.3 Å². The minimum atomic E-state index is -1.14. The number of aliphatic hydroxyl groups excluding tert-OH is 1. The first kappa shape index (κ1) is 37.7. The molecule has 0 aliphatic rings. The Hall–Kier alpha value is -2.86. The molecular formula is C25H46N4O7. The number of rotatable bonds is 13. The predicted octanol–water partition coefficient (Wildman–Crippen LogP) is 1.87. The predicted molar refractivity (Wildman–Crippen MR) is 140 cm³/mol. The molecule has 36 heavy (non-hydrogen) atoms. The molecule has 1 atom stereocenters. The molecule has 3 amide bonds. The molecule has 0 aliphatic carbocycles. The maximum atomic E-state index is 11.8. The van der Waals surface area contributed by atoms with E-state index in [-0.39, 0.29) is 11.1 Å². The summed E-state index contributed by atoms with van der Waals surface area (Å²) < 4.78 is 0. The minimum Gasteiger partial charge on any atom is -0.393 e. The van der Waals surface area contributed by atoms with Gasteiger partial charge in [-0.3, -0.25) is 24.1 Å². The Kier molecular flexibility index (Phi) is 28.0. The molecule has 1 aromatic rings. The molecule has 0 aliphatic heterocycles. The van der Waals surface area contributed by atoms with Crippen LogP contribution < -0.4 is 21.6 Å². The first-order chi connectivity index (χ1) is 17.2. The Morgan fingerprint density at radius 3 is 1.83 bits per heavy atom. The highest BCUT2D eigenvalue weighted by Gasteiger charge is 2.13. The van der Waals surface area contributed by atoms with Crippen molar-refractivity contribution in [1.29, 1.82) is 0 Å². The number of hydrogen-bond acceptors (Lipinski definition) is 8. The molecule has 0 aromatic heterocycles. The number of hydroxylamine groups is 2. The van der Waals surface area contributed by atoms with Crippen molar-refractivity contribution in [2.45, 2.75) is 54.6 Å². The average molecular weight is 515 g/mol. The molecule has 11 heteroatoms. The second-order valence-corrected chi connectivity index (χ2v) is 7.72. The van der Waals surface area contributed by atoms with E-state index in [9.17, 15) is 19.2 Å². The van der Waals surface area contributed by atoms with Gasteiger partial charge in [-0.25, -0.2) is 11.0 Å². The minimum absolute atomic E-state index is 0.154. The summed E-state index contributed by atoms with van der Waals surface area (Å²) >= 11 is 0. The van der Waals surface area contributed by atoms with Crippen molar-refractivity contribution in [1.82, 2.24) is 21.6 Å². The van der Waals surface area contributed by atoms with Gasteiger partial charge in [-0.1, -0.05) is 47.6 Å². The summed E-state index contributed by atoms with van der Waals surface area (Å²) in [5, 5.41) is 14.4. The van der Waals surface area contributed by atoms with Crippen LogP contribution in [0.1, 0.15) is 69.2 Å². The zero-order valence-electron chi connectivity index (χ0n) is 22.9. The number of carbonyl (C=O) groups is 4. The zero-order chi connectivity index (χ0) is 28.4. The number of aldehydes is 1. The summed E-state index contributed by atoms with van der Waals surface area (Å²) in [5.74, 6) is 0.204. The van der Waals surface area contributed by atoms with Crippen molar-refractivity contribution in [3.8, 4) is 0 Å². The number of hydrogen-bond donors (Lipinski definition) is 5. The topological polar surface area (TPSA) is 155 Å². The number of carbonyl (C=O) groups excluding carboxylic acids is 4. The number of amides is 3. The molecule has 1 aromatic carbocycles. The largest absolute Gasteiger partial charge is 0.393 e. The summed E-state index contributed by atoms with van der Waals surface area (Å²) in [6.45, 7) is 15.9. The second-order valence-electron chi connectivity index (χ2n) is 7.72. The van der Waals surface area contributed by atoms with Gasteiger partial charge >= 0.3 is 0 Å². The molecule has 0 saturated heterocycles. The van der Waals surface area contributed by atoms with Crippen molar-refractivity contribution in [3.05, 3.63) is 35.4 Å². The number of nitrogens with one attached hydrogen (secondary N) is 4. The van der Waals surface area contributed by atoms with Gasteiger partial charge in [0.1, 0.15) is 0 Å². The number of benzene rings is 1. The van der Waals surface area contributed by atoms with E-state index in [0.717, 1.165) is 25.4 Å². The van der Waals surface area contributed by atoms with E-state index in [0.29, 0.717) is 18.8 Å². The van der Waals surface area contributed by atoms with Crippen molar-refractivity contribution in [2.75, 3.05) is 33.4 Å². The van der Waals surface area contributed by atoms with E-state index in [4.69, 9.17) is 9.94 Å². The third-order valence-electron chi connectivity index (χ3n) is 3.55. The van der Waals surface area contributed by atoms with Crippen molar-refractivity contribution in [2.24, 2.45) is 11.8 Å². The Morgan fingerprint density at radius 2 is 1.50 bits per heavy atom. The maximum Gasteiger partial charge on any atom is 0.274 e. The van der Waals surface area contributed by atoms with E-state index < -0.39 is 24.5 Å². The molecule has 0 saturated carbocycles. The van der Waals surface area contributed by atoms with Crippen molar-refractivity contribution >= 4 is 24.5 Å². The highest BCUT2D eigenvalue weighted by atomic mass is 16.7. The SMILES string of the molecule is CC.CC(C)CNC=O.CCONC(=O)c1cccc(C(=O)NOC(C=O)CO)c1.CNCC(C)C. The summed E-state index contributed by atoms with van der Waals surface area (Å²) in [6, 6.07) is 5.82. The fraction of sp³-hybridized carbons (Fsp3) is 0.600. The Bertz CT molecular complexity index is 701. The van der Waals surface area contributed by atoms with Crippen molar-refractivity contribution in [3.63, 3.8) is 0 Å². The molecule has 1 unspecified atom stereocenters. The van der Waals surface area contributed by atoms with Crippen LogP contribution in [-0.2, 0) is 19.3 Å². The van der Waals surface area contributed by atoms with Crippen LogP contribution in [0.2, 0.25) is 0 Å². The average Bonchev–Trinajstić information content (AvgIpc) is 2.88. The Balaban J connectivity index is -0.000000595. The molecule has 208 valence electrons. The van der Waals surface area contributed by atoms with Crippen LogP contribution in [-0.4, -0.2) is 69.1 Å². The molecule has 5 N–H and O–H groups in total. The summed E-state index contributed by atoms with van der Waals surface area (Å²) in [7, 11) is 1.97. The first-order valence-corrected chi connectivity index (χ1v) is 12.0. The smallest absolute Gasteiger partial charge is 0.274 e. The lowest BCUT2D eigenvalue weighted by Gasteiger charge is -2.10. The summed E-state index contributed by atoms with van der Waals surface area (Å²) in [4.78, 5) is 52.9. The van der Waals surface area contributed by atoms with E-state index >= 15 is 0 Å². The zero-order valence-corrected chi connectivity index (χ0v) is 22.9. The molecule has 1 rings (SSSR count). The Labute approximate surface area is 215 Å². The van der Waals surface area contributed by atoms with Crippen LogP contribution in [0.5, 0.6) is 0 Å². The molecule has 0 spiro atoms. The van der Waals surface area contributed by atoms with Gasteiger partial charge in [0, 0.05) is 17.7 Å². The normalized spacial score (nSPS) is 10.3. The van der Waals surface area contributed by atoms with Gasteiger partial charge in [0.25, 0.3) is 11.8 Å². The van der Waals surface area contributed by atoms with Crippen LogP contribution in [0.3, 0.4) is 0 Å². The van der Waals surface area contributed by atoms with Crippen LogP contribution in [0.15, 0.2) is 24.3 Å². The Morgan fingerprint density at radius 1 is 0.972 bits per heavy atom. The molecule has 11 nitrogen and oxygen atoms in total. The molecule has 0 radical (unpaired) electrons. The van der Waals surface area contributed by atoms with Gasteiger partial charge in [0.05, 0.1) is 13.2 Å². The number of aliphatic hydroxyl groups is 1. The van der Waals surface area contributed by atoms with Crippen LogP contribution in [0.4, 0.5) is 0 Å². The lowest BCUT2D eigenvalue weighted by Crippen LogP contribution is -2.32. The van der Waals surface area contributed by atoms with Gasteiger partial charge in [-0.05, 0) is 50.6 Å². The summed E-state index contributed by atoms with van der Waals surface area (Å²) in [6.07, 6.45) is -0.0648. The molecular weight excluding hydrogens is 468 g/mol. The highest BCUT2D eigenvalue weighted by molar-refractivity contribution is 5.99. The maximum absolute atomic E-state index is 11.8. The quantitative estimate of drug-likeness (QED) is 0.197. The first-order valence-electron chi connectivity index (χ1n) is 12.0. The van der Waals surface area contributed by atoms with Gasteiger partial charge < -0.3 is 20.5 Å². The van der Waals surface area contributed by atoms with Gasteiger partial charge in [0.15, 0.2) is 12.4 Å². The van der Waals surface area contributed by atoms with Gasteiger partial charge in [-0.15, -0.1) is 0 Å². The lowest BCUT2D eigenvalue weighted by molar-refractivity contribution is -0.124. The van der Waals surface area contributed by atoms with Gasteiger partial charge in [0.2, 0.25) is 6.41 Å². The second kappa shape index (κ2) is 26.7. The van der Waals surface area contributed by atoms with Crippen LogP contribution in [0, 0.1) is 11.8 Å². The fourth-order valence-corrected chi connectivity index (χ4v) is 1.99. The summed E-state index contributed by atoms with van der Waals surface area (Å²) in [5.41, 5.74) is 4.60. The van der Waals surface area contributed by atoms with Gasteiger partial charge in [-0.2, -0.15) is 0 Å². The fourth-order valence-electron chi connectivity index (χ4n) is 1.99. The third-order valence-corrected chi connectivity index (χ3v) is 3.55. The molecule has 0 bridgehead atoms. The monoisotopic (exact) mass is 514 g/mol. The highest BCUT2D eigenvalue weighted by Crippen LogP contribution is 2.05. The molecule has 0 fully saturated rings. The third kappa shape index (κ3) is 22.9. The van der Waals surface area contributed by atoms with E-state index in [1.807, 2.05) is 26.4 Å². The van der Waals surface area contributed by atoms with E-state index in [1.54, 1.807) is 6.92 Å². The van der Waals surface area contributed by atoms with E-state index in [2.05, 4.69) is 48.6 Å². The standard InChI is InChI=1S/C13H16N2O6.C5H11NO.C5H13N.C2H6/c1-2-20-14-12(18)9-4-3-5-10(6-9)13(19)15-21-11(7-16)8-17;1-5(2)3-6-4-7;1-5(2)4-6-3;1-2/h3-7,11,17H,2,8H2,1H3,(H,14,18)(H,15,19);4-5H,3H2,1-2H3,(H,6,7);5-6H,4H2,1-3H3;1-2H3. The van der Waals surface area contributed by atoms with Crippen molar-refractivity contribution < 1.29 is 34.0 Å².